The Labute approximate surface area is 355 Å². The van der Waals surface area contributed by atoms with E-state index in [1.54, 1.807) is 52.6 Å². The van der Waals surface area contributed by atoms with E-state index in [1.807, 2.05) is 71.0 Å². The van der Waals surface area contributed by atoms with Crippen LogP contribution in [-0.4, -0.2) is 123 Å². The summed E-state index contributed by atoms with van der Waals surface area (Å²) < 4.78 is 32.3. The molecule has 0 spiro atoms. The standard InChI is InChI=1S/C44H67ClN4O10/c1-12-35-44(8,53)39(51)28(4)36(48-56-24-32-17-13-14-18-33(32)45)26(2)21-43(7,54-11)40(59-42-37(50)34(49(9)10)20-27(3)57-42)29(5)38(30(6)41(52)58-35)55-19-15-16-31-22-46-25-47-23-31/h13-15,17-19,22-23,25-30,34-35,37-40,42,50-51,53H,12,16,20-21,24H2,1-11H3/b19-15-,48-36+/t26-,27+,28+,29+,30-,34-,35-,37-,38+,39-,40-,42-,43-,44-/m1/s1. The summed E-state index contributed by atoms with van der Waals surface area (Å²) in [6.07, 6.45) is 3.11. The second-order valence-corrected chi connectivity index (χ2v) is 17.4. The predicted molar refractivity (Wildman–Crippen MR) is 224 cm³/mol. The van der Waals surface area contributed by atoms with Crippen molar-refractivity contribution in [1.29, 1.82) is 0 Å². The van der Waals surface area contributed by atoms with Crippen molar-refractivity contribution < 1.29 is 48.6 Å². The van der Waals surface area contributed by atoms with E-state index in [0.29, 0.717) is 23.6 Å². The molecule has 0 bridgehead atoms. The number of rotatable bonds is 12. The number of likely N-dealkylation sites (N-methyl/N-ethyl adjacent to an activating group) is 1. The maximum atomic E-state index is 14.3. The molecule has 14 nitrogen and oxygen atoms in total. The molecule has 1 aromatic heterocycles. The van der Waals surface area contributed by atoms with Crippen LogP contribution in [0.2, 0.25) is 5.02 Å². The van der Waals surface area contributed by atoms with Crippen LogP contribution >= 0.6 is 11.6 Å². The zero-order valence-electron chi connectivity index (χ0n) is 36.5. The number of benzene rings is 1. The number of hydrogen-bond acceptors (Lipinski definition) is 14. The first-order chi connectivity index (χ1) is 27.9. The van der Waals surface area contributed by atoms with E-state index in [-0.39, 0.29) is 31.6 Å². The van der Waals surface area contributed by atoms with E-state index < -0.39 is 77.7 Å². The van der Waals surface area contributed by atoms with E-state index in [2.05, 4.69) is 15.1 Å². The fourth-order valence-electron chi connectivity index (χ4n) is 8.56. The van der Waals surface area contributed by atoms with Gasteiger partial charge in [0, 0.05) is 53.9 Å². The number of carbonyl (C=O) groups excluding carboxylic acids is 1. The molecule has 14 atom stereocenters. The molecular formula is C44H67ClN4O10. The van der Waals surface area contributed by atoms with Crippen LogP contribution in [0.3, 0.4) is 0 Å². The van der Waals surface area contributed by atoms with Crippen LogP contribution in [0.5, 0.6) is 0 Å². The number of aliphatic hydroxyl groups excluding tert-OH is 2. The molecule has 59 heavy (non-hydrogen) atoms. The molecule has 0 aliphatic carbocycles. The third kappa shape index (κ3) is 12.0. The molecule has 0 amide bonds. The number of methoxy groups -OCH3 is 1. The van der Waals surface area contributed by atoms with Crippen LogP contribution in [0.4, 0.5) is 0 Å². The molecular weight excluding hydrogens is 780 g/mol. The number of aromatic nitrogens is 2. The average Bonchev–Trinajstić information content (AvgIpc) is 3.20. The normalized spacial score (nSPS) is 37.3. The van der Waals surface area contributed by atoms with Crippen molar-refractivity contribution in [3.8, 4) is 0 Å². The minimum absolute atomic E-state index is 0.0540. The quantitative estimate of drug-likeness (QED) is 0.134. The van der Waals surface area contributed by atoms with E-state index in [4.69, 9.17) is 40.1 Å². The van der Waals surface area contributed by atoms with Crippen LogP contribution in [0, 0.1) is 23.7 Å². The van der Waals surface area contributed by atoms with Gasteiger partial charge in [-0.25, -0.2) is 9.97 Å². The molecule has 2 fully saturated rings. The summed E-state index contributed by atoms with van der Waals surface area (Å²) in [7, 11) is 5.39. The van der Waals surface area contributed by atoms with Gasteiger partial charge in [-0.1, -0.05) is 62.7 Å². The van der Waals surface area contributed by atoms with E-state index in [1.165, 1.54) is 13.3 Å². The number of ether oxygens (including phenoxy) is 5. The molecule has 15 heteroatoms. The van der Waals surface area contributed by atoms with Crippen molar-refractivity contribution >= 4 is 23.3 Å². The van der Waals surface area contributed by atoms with Gasteiger partial charge in [0.2, 0.25) is 0 Å². The molecule has 2 saturated heterocycles. The zero-order valence-corrected chi connectivity index (χ0v) is 37.3. The van der Waals surface area contributed by atoms with Gasteiger partial charge in [-0.2, -0.15) is 0 Å². The maximum Gasteiger partial charge on any atom is 0.312 e. The Morgan fingerprint density at radius 2 is 1.75 bits per heavy atom. The van der Waals surface area contributed by atoms with Crippen LogP contribution in [0.25, 0.3) is 0 Å². The molecule has 0 radical (unpaired) electrons. The average molecular weight is 847 g/mol. The summed E-state index contributed by atoms with van der Waals surface area (Å²) in [6, 6.07) is 7.02. The Morgan fingerprint density at radius 1 is 1.07 bits per heavy atom. The molecule has 1 aromatic carbocycles. The Bertz CT molecular complexity index is 1680. The van der Waals surface area contributed by atoms with Crippen LogP contribution in [-0.2, 0) is 46.3 Å². The summed E-state index contributed by atoms with van der Waals surface area (Å²) in [4.78, 5) is 30.3. The molecule has 2 aromatic rings. The van der Waals surface area contributed by atoms with E-state index >= 15 is 0 Å². The lowest BCUT2D eigenvalue weighted by Crippen LogP contribution is -2.60. The summed E-state index contributed by atoms with van der Waals surface area (Å²) >= 11 is 6.44. The van der Waals surface area contributed by atoms with Gasteiger partial charge in [0.15, 0.2) is 6.29 Å². The molecule has 2 aliphatic rings. The first kappa shape index (κ1) is 48.5. The first-order valence-corrected chi connectivity index (χ1v) is 21.0. The Morgan fingerprint density at radius 3 is 2.37 bits per heavy atom. The molecule has 330 valence electrons. The van der Waals surface area contributed by atoms with Gasteiger partial charge >= 0.3 is 5.97 Å². The third-order valence-corrected chi connectivity index (χ3v) is 12.5. The second-order valence-electron chi connectivity index (χ2n) is 17.0. The molecule has 4 rings (SSSR count). The van der Waals surface area contributed by atoms with Gasteiger partial charge in [-0.15, -0.1) is 0 Å². The fourth-order valence-corrected chi connectivity index (χ4v) is 8.75. The summed E-state index contributed by atoms with van der Waals surface area (Å²) in [5, 5.41) is 40.9. The van der Waals surface area contributed by atoms with Gasteiger partial charge in [-0.3, -0.25) is 4.79 Å². The van der Waals surface area contributed by atoms with Gasteiger partial charge in [0.05, 0.1) is 41.8 Å². The van der Waals surface area contributed by atoms with Crippen LogP contribution in [0.1, 0.15) is 85.8 Å². The predicted octanol–water partition coefficient (Wildman–Crippen LogP) is 5.74. The highest BCUT2D eigenvalue weighted by Crippen LogP contribution is 2.40. The number of aliphatic hydroxyl groups is 3. The maximum absolute atomic E-state index is 14.3. The number of halogens is 1. The Kier molecular flexibility index (Phi) is 17.7. The number of nitrogens with zero attached hydrogens (tertiary/aromatic N) is 4. The Hall–Kier alpha value is -3.21. The highest BCUT2D eigenvalue weighted by atomic mass is 35.5. The molecule has 2 aliphatic heterocycles. The van der Waals surface area contributed by atoms with Gasteiger partial charge in [-0.05, 0) is 85.2 Å². The second kappa shape index (κ2) is 21.5. The zero-order chi connectivity index (χ0) is 43.7. The van der Waals surface area contributed by atoms with Crippen molar-refractivity contribution in [3.63, 3.8) is 0 Å². The number of oxime groups is 1. The minimum atomic E-state index is -1.90. The van der Waals surface area contributed by atoms with Gasteiger partial charge < -0.3 is 48.7 Å². The number of carbonyl (C=O) groups is 1. The van der Waals surface area contributed by atoms with E-state index in [9.17, 15) is 20.1 Å². The van der Waals surface area contributed by atoms with Crippen LogP contribution in [0.15, 0.2) is 60.5 Å². The van der Waals surface area contributed by atoms with Gasteiger partial charge in [0.25, 0.3) is 0 Å². The van der Waals surface area contributed by atoms with Crippen molar-refractivity contribution in [1.82, 2.24) is 14.9 Å². The molecule has 0 unspecified atom stereocenters. The van der Waals surface area contributed by atoms with Gasteiger partial charge in [0.1, 0.15) is 36.8 Å². The minimum Gasteiger partial charge on any atom is -0.497 e. The lowest BCUT2D eigenvalue weighted by Gasteiger charge is -2.48. The number of hydrogen-bond donors (Lipinski definition) is 3. The smallest absolute Gasteiger partial charge is 0.312 e. The topological polar surface area (TPSA) is 175 Å². The van der Waals surface area contributed by atoms with Crippen molar-refractivity contribution in [3.05, 3.63) is 71.5 Å². The van der Waals surface area contributed by atoms with Crippen molar-refractivity contribution in [2.75, 3.05) is 21.2 Å². The lowest BCUT2D eigenvalue weighted by atomic mass is 9.73. The van der Waals surface area contributed by atoms with Crippen molar-refractivity contribution in [2.24, 2.45) is 28.8 Å². The lowest BCUT2D eigenvalue weighted by molar-refractivity contribution is -0.301. The molecule has 0 saturated carbocycles. The summed E-state index contributed by atoms with van der Waals surface area (Å²) in [6.45, 7) is 14.5. The highest BCUT2D eigenvalue weighted by Gasteiger charge is 2.52. The van der Waals surface area contributed by atoms with E-state index in [0.717, 1.165) is 11.1 Å². The summed E-state index contributed by atoms with van der Waals surface area (Å²) in [5.41, 5.74) is -1.05. The third-order valence-electron chi connectivity index (χ3n) is 12.2. The monoisotopic (exact) mass is 846 g/mol. The summed E-state index contributed by atoms with van der Waals surface area (Å²) in [5.74, 6) is -3.42. The number of esters is 1. The fraction of sp³-hybridized carbons (Fsp3) is 0.682. The number of allylic oxidation sites excluding steroid dienone is 1. The molecule has 3 N–H and O–H groups in total. The first-order valence-electron chi connectivity index (χ1n) is 20.6. The highest BCUT2D eigenvalue weighted by molar-refractivity contribution is 6.31. The Balaban J connectivity index is 1.85. The number of cyclic esters (lactones) is 1. The SMILES string of the molecule is CC[C@H]1OC(=O)[C@H](C)[C@@H](O/C=C\Cc2cncnc2)[C@H](C)[C@@H](O[C@H]2O[C@@H](C)C[C@@H](N(C)C)[C@H]2O)[C@](C)(OC)C[C@@H](C)/C(=N\OCc2ccccc2Cl)[C@H](C)[C@@H](O)[C@]1(C)O. The largest absolute Gasteiger partial charge is 0.497 e. The van der Waals surface area contributed by atoms with Crippen LogP contribution < -0.4 is 0 Å². The molecule has 3 heterocycles. The van der Waals surface area contributed by atoms with Crippen molar-refractivity contribution in [2.45, 2.75) is 148 Å².